The maximum absolute atomic E-state index is 12.6. The van der Waals surface area contributed by atoms with Gasteiger partial charge in [-0.2, -0.15) is 0 Å². The van der Waals surface area contributed by atoms with Crippen molar-refractivity contribution in [3.63, 3.8) is 0 Å². The van der Waals surface area contributed by atoms with Gasteiger partial charge in [-0.1, -0.05) is 29.8 Å². The van der Waals surface area contributed by atoms with Crippen molar-refractivity contribution in [2.75, 3.05) is 0 Å². The summed E-state index contributed by atoms with van der Waals surface area (Å²) in [6.45, 7) is 2.60. The SMILES string of the molecule is Cc1nc(CN(C(=O)Cc2ccccc2Cl)C2CC2)cs1. The number of carbonyl (C=O) groups excluding carboxylic acids is 1. The van der Waals surface area contributed by atoms with Gasteiger partial charge in [-0.3, -0.25) is 4.79 Å². The van der Waals surface area contributed by atoms with Gasteiger partial charge in [0.05, 0.1) is 23.7 Å². The van der Waals surface area contributed by atoms with Crippen LogP contribution in [0, 0.1) is 6.92 Å². The van der Waals surface area contributed by atoms with Crippen molar-refractivity contribution in [1.82, 2.24) is 9.88 Å². The molecule has 1 aliphatic rings. The zero-order chi connectivity index (χ0) is 14.8. The minimum atomic E-state index is 0.135. The Kier molecular flexibility index (Phi) is 4.27. The molecule has 1 aromatic heterocycles. The van der Waals surface area contributed by atoms with Crippen LogP contribution in [0.1, 0.15) is 29.1 Å². The highest BCUT2D eigenvalue weighted by molar-refractivity contribution is 7.09. The van der Waals surface area contributed by atoms with E-state index in [1.807, 2.05) is 41.5 Å². The Morgan fingerprint density at radius 2 is 2.19 bits per heavy atom. The quantitative estimate of drug-likeness (QED) is 0.838. The Morgan fingerprint density at radius 3 is 2.81 bits per heavy atom. The molecule has 0 N–H and O–H groups in total. The normalized spacial score (nSPS) is 14.2. The number of aryl methyl sites for hydroxylation is 1. The van der Waals surface area contributed by atoms with Gasteiger partial charge in [0.15, 0.2) is 0 Å². The lowest BCUT2D eigenvalue weighted by Crippen LogP contribution is -2.34. The molecule has 2 aromatic rings. The molecular formula is C16H17ClN2OS. The number of carbonyl (C=O) groups is 1. The number of thiazole rings is 1. The number of benzene rings is 1. The predicted octanol–water partition coefficient (Wildman–Crippen LogP) is 3.84. The lowest BCUT2D eigenvalue weighted by atomic mass is 10.1. The summed E-state index contributed by atoms with van der Waals surface area (Å²) in [5, 5.41) is 3.73. The third-order valence-corrected chi connectivity index (χ3v) is 4.80. The van der Waals surface area contributed by atoms with Gasteiger partial charge in [0.25, 0.3) is 0 Å². The van der Waals surface area contributed by atoms with E-state index in [9.17, 15) is 4.79 Å². The van der Waals surface area contributed by atoms with E-state index in [1.54, 1.807) is 11.3 Å². The molecule has 1 amide bonds. The Balaban J connectivity index is 1.72. The number of aromatic nitrogens is 1. The number of amides is 1. The van der Waals surface area contributed by atoms with Crippen LogP contribution < -0.4 is 0 Å². The Labute approximate surface area is 133 Å². The highest BCUT2D eigenvalue weighted by atomic mass is 35.5. The number of halogens is 1. The van der Waals surface area contributed by atoms with E-state index in [4.69, 9.17) is 11.6 Å². The molecule has 0 aliphatic heterocycles. The summed E-state index contributed by atoms with van der Waals surface area (Å²) >= 11 is 7.78. The molecular weight excluding hydrogens is 304 g/mol. The van der Waals surface area contributed by atoms with Crippen LogP contribution in [0.3, 0.4) is 0 Å². The van der Waals surface area contributed by atoms with Crippen LogP contribution in [-0.2, 0) is 17.8 Å². The second-order valence-corrected chi connectivity index (χ2v) is 6.85. The Bertz CT molecular complexity index is 651. The minimum Gasteiger partial charge on any atom is -0.333 e. The van der Waals surface area contributed by atoms with Gasteiger partial charge in [0.1, 0.15) is 0 Å². The molecule has 0 radical (unpaired) electrons. The van der Waals surface area contributed by atoms with Crippen LogP contribution >= 0.6 is 22.9 Å². The minimum absolute atomic E-state index is 0.135. The molecule has 1 saturated carbocycles. The number of rotatable bonds is 5. The second-order valence-electron chi connectivity index (χ2n) is 5.38. The van der Waals surface area contributed by atoms with Crippen LogP contribution in [0.15, 0.2) is 29.6 Å². The topological polar surface area (TPSA) is 33.2 Å². The molecule has 1 fully saturated rings. The summed E-state index contributed by atoms with van der Waals surface area (Å²) in [5.74, 6) is 0.135. The Morgan fingerprint density at radius 1 is 1.43 bits per heavy atom. The van der Waals surface area contributed by atoms with Gasteiger partial charge < -0.3 is 4.90 Å². The third-order valence-electron chi connectivity index (χ3n) is 3.61. The zero-order valence-corrected chi connectivity index (χ0v) is 13.5. The average molecular weight is 321 g/mol. The molecule has 5 heteroatoms. The van der Waals surface area contributed by atoms with E-state index in [2.05, 4.69) is 4.98 Å². The molecule has 110 valence electrons. The van der Waals surface area contributed by atoms with Crippen molar-refractivity contribution in [2.45, 2.75) is 38.8 Å². The van der Waals surface area contributed by atoms with Crippen molar-refractivity contribution < 1.29 is 4.79 Å². The highest BCUT2D eigenvalue weighted by Gasteiger charge is 2.33. The van der Waals surface area contributed by atoms with Crippen LogP contribution in [-0.4, -0.2) is 21.8 Å². The summed E-state index contributed by atoms with van der Waals surface area (Å²) in [5.41, 5.74) is 1.88. The maximum Gasteiger partial charge on any atom is 0.227 e. The number of nitrogens with zero attached hydrogens (tertiary/aromatic N) is 2. The monoisotopic (exact) mass is 320 g/mol. The van der Waals surface area contributed by atoms with Gasteiger partial charge in [0.2, 0.25) is 5.91 Å². The largest absolute Gasteiger partial charge is 0.333 e. The molecule has 1 aromatic carbocycles. The van der Waals surface area contributed by atoms with E-state index >= 15 is 0 Å². The fourth-order valence-electron chi connectivity index (χ4n) is 2.37. The molecule has 1 aliphatic carbocycles. The molecule has 3 nitrogen and oxygen atoms in total. The first-order chi connectivity index (χ1) is 10.1. The van der Waals surface area contributed by atoms with Gasteiger partial charge in [0, 0.05) is 16.4 Å². The molecule has 21 heavy (non-hydrogen) atoms. The smallest absolute Gasteiger partial charge is 0.227 e. The van der Waals surface area contributed by atoms with Crippen molar-refractivity contribution >= 4 is 28.8 Å². The maximum atomic E-state index is 12.6. The molecule has 0 atom stereocenters. The van der Waals surface area contributed by atoms with Crippen LogP contribution in [0.2, 0.25) is 5.02 Å². The van der Waals surface area contributed by atoms with Gasteiger partial charge in [-0.25, -0.2) is 4.98 Å². The van der Waals surface area contributed by atoms with E-state index in [0.29, 0.717) is 24.0 Å². The van der Waals surface area contributed by atoms with Crippen LogP contribution in [0.25, 0.3) is 0 Å². The highest BCUT2D eigenvalue weighted by Crippen LogP contribution is 2.29. The summed E-state index contributed by atoms with van der Waals surface area (Å²) in [6, 6.07) is 7.92. The predicted molar refractivity (Wildman–Crippen MR) is 85.6 cm³/mol. The lowest BCUT2D eigenvalue weighted by molar-refractivity contribution is -0.131. The van der Waals surface area contributed by atoms with Crippen molar-refractivity contribution in [1.29, 1.82) is 0 Å². The fraction of sp³-hybridized carbons (Fsp3) is 0.375. The van der Waals surface area contributed by atoms with E-state index < -0.39 is 0 Å². The first-order valence-electron chi connectivity index (χ1n) is 7.07. The first kappa shape index (κ1) is 14.5. The van der Waals surface area contributed by atoms with Crippen molar-refractivity contribution in [2.24, 2.45) is 0 Å². The zero-order valence-electron chi connectivity index (χ0n) is 11.9. The average Bonchev–Trinajstić information content (AvgIpc) is 3.21. The van der Waals surface area contributed by atoms with Crippen LogP contribution in [0.4, 0.5) is 0 Å². The molecule has 1 heterocycles. The first-order valence-corrected chi connectivity index (χ1v) is 8.33. The van der Waals surface area contributed by atoms with Crippen molar-refractivity contribution in [3.8, 4) is 0 Å². The standard InChI is InChI=1S/C16H17ClN2OS/c1-11-18-13(10-21-11)9-19(14-6-7-14)16(20)8-12-4-2-3-5-15(12)17/h2-5,10,14H,6-9H2,1H3. The molecule has 3 rings (SSSR count). The summed E-state index contributed by atoms with van der Waals surface area (Å²) in [7, 11) is 0. The molecule has 0 saturated heterocycles. The molecule has 0 unspecified atom stereocenters. The Hall–Kier alpha value is -1.39. The van der Waals surface area contributed by atoms with Gasteiger partial charge >= 0.3 is 0 Å². The van der Waals surface area contributed by atoms with E-state index in [1.165, 1.54) is 0 Å². The molecule has 0 spiro atoms. The summed E-state index contributed by atoms with van der Waals surface area (Å²) in [6.07, 6.45) is 2.55. The number of hydrogen-bond acceptors (Lipinski definition) is 3. The lowest BCUT2D eigenvalue weighted by Gasteiger charge is -2.21. The third kappa shape index (κ3) is 3.63. The van der Waals surface area contributed by atoms with Gasteiger partial charge in [-0.05, 0) is 31.4 Å². The fourth-order valence-corrected chi connectivity index (χ4v) is 3.18. The second kappa shape index (κ2) is 6.16. The van der Waals surface area contributed by atoms with Crippen molar-refractivity contribution in [3.05, 3.63) is 50.9 Å². The summed E-state index contributed by atoms with van der Waals surface area (Å²) in [4.78, 5) is 19.0. The van der Waals surface area contributed by atoms with E-state index in [-0.39, 0.29) is 5.91 Å². The van der Waals surface area contributed by atoms with Gasteiger partial charge in [-0.15, -0.1) is 11.3 Å². The number of hydrogen-bond donors (Lipinski definition) is 0. The summed E-state index contributed by atoms with van der Waals surface area (Å²) < 4.78 is 0. The van der Waals surface area contributed by atoms with Crippen LogP contribution in [0.5, 0.6) is 0 Å². The molecule has 0 bridgehead atoms. The van der Waals surface area contributed by atoms with E-state index in [0.717, 1.165) is 29.1 Å².